The second-order valence-electron chi connectivity index (χ2n) is 8.39. The number of carbonyl (C=O) groups is 1. The minimum atomic E-state index is -4.70. The van der Waals surface area contributed by atoms with E-state index in [1.807, 2.05) is 24.3 Å². The lowest BCUT2D eigenvalue weighted by molar-refractivity contribution is -0.140. The first-order valence-corrected chi connectivity index (χ1v) is 11.8. The smallest absolute Gasteiger partial charge is 0.433 e. The Kier molecular flexibility index (Phi) is 6.11. The fourth-order valence-electron chi connectivity index (χ4n) is 4.11. The molecule has 1 N–H and O–H groups in total. The Hall–Kier alpha value is -3.60. The van der Waals surface area contributed by atoms with Crippen molar-refractivity contribution in [2.24, 2.45) is 0 Å². The van der Waals surface area contributed by atoms with Gasteiger partial charge in [-0.3, -0.25) is 9.48 Å². The third-order valence-electron chi connectivity index (χ3n) is 5.87. The van der Waals surface area contributed by atoms with Crippen LogP contribution >= 0.6 is 15.9 Å². The monoisotopic (exact) mass is 560 g/mol. The number of halogens is 4. The van der Waals surface area contributed by atoms with Crippen LogP contribution in [0.15, 0.2) is 53.0 Å². The summed E-state index contributed by atoms with van der Waals surface area (Å²) >= 11 is 3.31. The molecule has 186 valence electrons. The Morgan fingerprint density at radius 2 is 1.92 bits per heavy atom. The normalized spacial score (nSPS) is 15.2. The number of aromatic nitrogens is 3. The van der Waals surface area contributed by atoms with Crippen molar-refractivity contribution in [2.75, 3.05) is 11.9 Å². The Morgan fingerprint density at radius 3 is 2.67 bits per heavy atom. The van der Waals surface area contributed by atoms with Gasteiger partial charge < -0.3 is 14.8 Å². The summed E-state index contributed by atoms with van der Waals surface area (Å²) in [5.41, 5.74) is 0.372. The molecule has 0 aliphatic carbocycles. The summed E-state index contributed by atoms with van der Waals surface area (Å²) in [4.78, 5) is 16.9. The van der Waals surface area contributed by atoms with Crippen LogP contribution in [0.1, 0.15) is 27.4 Å². The number of benzene rings is 2. The van der Waals surface area contributed by atoms with E-state index in [2.05, 4.69) is 31.3 Å². The van der Waals surface area contributed by atoms with Crippen molar-refractivity contribution in [3.8, 4) is 11.5 Å². The van der Waals surface area contributed by atoms with Crippen LogP contribution < -0.4 is 14.8 Å². The van der Waals surface area contributed by atoms with Gasteiger partial charge in [0.15, 0.2) is 17.6 Å². The zero-order chi connectivity index (χ0) is 25.6. The first-order valence-electron chi connectivity index (χ1n) is 11.0. The quantitative estimate of drug-likeness (QED) is 0.335. The molecule has 0 radical (unpaired) electrons. The van der Waals surface area contributed by atoms with Gasteiger partial charge >= 0.3 is 6.18 Å². The average molecular weight is 561 g/mol. The summed E-state index contributed by atoms with van der Waals surface area (Å²) in [6.07, 6.45) is -5.01. The number of para-hydroxylation sites is 2. The molecule has 1 atom stereocenters. The lowest BCUT2D eigenvalue weighted by Gasteiger charge is -2.26. The van der Waals surface area contributed by atoms with Gasteiger partial charge in [0.25, 0.3) is 5.91 Å². The lowest BCUT2D eigenvalue weighted by Crippen LogP contribution is -2.33. The molecule has 1 amide bonds. The highest BCUT2D eigenvalue weighted by Crippen LogP contribution is 2.34. The maximum Gasteiger partial charge on any atom is 0.433 e. The number of nitrogens with one attached hydrogen (secondary N) is 1. The lowest BCUT2D eigenvalue weighted by atomic mass is 10.1. The van der Waals surface area contributed by atoms with E-state index in [0.717, 1.165) is 6.07 Å². The van der Waals surface area contributed by atoms with Crippen molar-refractivity contribution in [2.45, 2.75) is 32.7 Å². The number of carbonyl (C=O) groups excluding carboxylic acids is 1. The molecule has 3 heterocycles. The Morgan fingerprint density at radius 1 is 1.17 bits per heavy atom. The number of rotatable bonds is 4. The molecule has 2 aromatic heterocycles. The van der Waals surface area contributed by atoms with Gasteiger partial charge in [0.1, 0.15) is 12.3 Å². The van der Waals surface area contributed by atoms with Gasteiger partial charge in [-0.05, 0) is 50.2 Å². The van der Waals surface area contributed by atoms with Crippen LogP contribution in [0.4, 0.5) is 18.9 Å². The summed E-state index contributed by atoms with van der Waals surface area (Å²) in [6.45, 7) is 4.18. The Balaban J connectivity index is 1.43. The van der Waals surface area contributed by atoms with Gasteiger partial charge in [-0.25, -0.2) is 4.98 Å². The zero-order valence-corrected chi connectivity index (χ0v) is 20.8. The van der Waals surface area contributed by atoms with Crippen LogP contribution in [-0.2, 0) is 12.7 Å². The van der Waals surface area contributed by atoms with Crippen molar-refractivity contribution < 1.29 is 27.4 Å². The first-order chi connectivity index (χ1) is 17.1. The van der Waals surface area contributed by atoms with E-state index >= 15 is 0 Å². The van der Waals surface area contributed by atoms with Crippen LogP contribution in [0.2, 0.25) is 0 Å². The molecule has 2 aromatic carbocycles. The molecule has 1 aliphatic rings. The fourth-order valence-corrected chi connectivity index (χ4v) is 4.47. The molecule has 0 saturated heterocycles. The van der Waals surface area contributed by atoms with Crippen molar-refractivity contribution in [3.05, 3.63) is 75.6 Å². The molecule has 0 saturated carbocycles. The number of nitrogens with zero attached hydrogens (tertiary/aromatic N) is 3. The number of hydrogen-bond acceptors (Lipinski definition) is 5. The van der Waals surface area contributed by atoms with Crippen LogP contribution in [-0.4, -0.2) is 33.4 Å². The molecule has 1 aliphatic heterocycles. The number of pyridine rings is 1. The molecule has 0 fully saturated rings. The SMILES string of the molecule is Cc1nn(CC2COc3ccccc3O2)c(C)c1NC(=O)c1cc(C(F)(F)F)nc2ccc(Br)cc12. The highest BCUT2D eigenvalue weighted by atomic mass is 79.9. The van der Waals surface area contributed by atoms with E-state index in [0.29, 0.717) is 51.6 Å². The molecular formula is C25H20BrF3N4O3. The summed E-state index contributed by atoms with van der Waals surface area (Å²) in [6, 6.07) is 12.7. The molecular weight excluding hydrogens is 541 g/mol. The number of ether oxygens (including phenoxy) is 2. The summed E-state index contributed by atoms with van der Waals surface area (Å²) < 4.78 is 54.5. The number of amides is 1. The summed E-state index contributed by atoms with van der Waals surface area (Å²) in [5, 5.41) is 7.56. The average Bonchev–Trinajstić information content (AvgIpc) is 3.09. The highest BCUT2D eigenvalue weighted by molar-refractivity contribution is 9.10. The molecule has 0 spiro atoms. The predicted octanol–water partition coefficient (Wildman–Crippen LogP) is 5.92. The van der Waals surface area contributed by atoms with Gasteiger partial charge in [-0.2, -0.15) is 18.3 Å². The minimum absolute atomic E-state index is 0.0667. The number of alkyl halides is 3. The summed E-state index contributed by atoms with van der Waals surface area (Å²) in [5.74, 6) is 0.618. The Bertz CT molecular complexity index is 1490. The van der Waals surface area contributed by atoms with Crippen molar-refractivity contribution in [1.29, 1.82) is 0 Å². The molecule has 7 nitrogen and oxygen atoms in total. The number of aryl methyl sites for hydroxylation is 1. The van der Waals surface area contributed by atoms with E-state index in [4.69, 9.17) is 9.47 Å². The number of anilines is 1. The second kappa shape index (κ2) is 9.12. The zero-order valence-electron chi connectivity index (χ0n) is 19.2. The molecule has 4 aromatic rings. The van der Waals surface area contributed by atoms with Crippen LogP contribution in [0, 0.1) is 13.8 Å². The molecule has 1 unspecified atom stereocenters. The third kappa shape index (κ3) is 4.62. The van der Waals surface area contributed by atoms with E-state index in [1.165, 1.54) is 6.07 Å². The van der Waals surface area contributed by atoms with Crippen molar-refractivity contribution in [1.82, 2.24) is 14.8 Å². The van der Waals surface area contributed by atoms with E-state index in [1.54, 1.807) is 30.7 Å². The van der Waals surface area contributed by atoms with E-state index in [-0.39, 0.29) is 17.2 Å². The van der Waals surface area contributed by atoms with E-state index < -0.39 is 17.8 Å². The predicted molar refractivity (Wildman–Crippen MR) is 130 cm³/mol. The second-order valence-corrected chi connectivity index (χ2v) is 9.31. The fraction of sp³-hybridized carbons (Fsp3) is 0.240. The van der Waals surface area contributed by atoms with E-state index in [9.17, 15) is 18.0 Å². The maximum absolute atomic E-state index is 13.5. The topological polar surface area (TPSA) is 78.3 Å². The number of fused-ring (bicyclic) bond motifs is 2. The highest BCUT2D eigenvalue weighted by Gasteiger charge is 2.34. The van der Waals surface area contributed by atoms with Gasteiger partial charge in [0, 0.05) is 9.86 Å². The molecule has 36 heavy (non-hydrogen) atoms. The largest absolute Gasteiger partial charge is 0.486 e. The van der Waals surface area contributed by atoms with Gasteiger partial charge in [0.2, 0.25) is 0 Å². The van der Waals surface area contributed by atoms with Crippen LogP contribution in [0.25, 0.3) is 10.9 Å². The maximum atomic E-state index is 13.5. The van der Waals surface area contributed by atoms with Gasteiger partial charge in [-0.1, -0.05) is 28.1 Å². The Labute approximate surface area is 212 Å². The minimum Gasteiger partial charge on any atom is -0.486 e. The van der Waals surface area contributed by atoms with Crippen LogP contribution in [0.5, 0.6) is 11.5 Å². The molecule has 5 rings (SSSR count). The van der Waals surface area contributed by atoms with Crippen molar-refractivity contribution >= 4 is 38.4 Å². The van der Waals surface area contributed by atoms with Crippen molar-refractivity contribution in [3.63, 3.8) is 0 Å². The standard InChI is InChI=1S/C25H20BrF3N4O3/c1-13-23(14(2)33(32-13)11-16-12-35-20-5-3-4-6-21(20)36-16)31-24(34)18-10-22(25(27,28)29)30-19-8-7-15(26)9-17(18)19/h3-10,16H,11-12H2,1-2H3,(H,31,34). The van der Waals surface area contributed by atoms with Gasteiger partial charge in [0.05, 0.1) is 34.7 Å². The first kappa shape index (κ1) is 24.1. The third-order valence-corrected chi connectivity index (χ3v) is 6.36. The molecule has 0 bridgehead atoms. The van der Waals surface area contributed by atoms with Gasteiger partial charge in [-0.15, -0.1) is 0 Å². The van der Waals surface area contributed by atoms with Crippen LogP contribution in [0.3, 0.4) is 0 Å². The summed E-state index contributed by atoms with van der Waals surface area (Å²) in [7, 11) is 0. The number of hydrogen-bond donors (Lipinski definition) is 1. The molecule has 11 heteroatoms.